The quantitative estimate of drug-likeness (QED) is 0.157. The number of nitrogens with one attached hydrogen (secondary N) is 1. The zero-order valence-electron chi connectivity index (χ0n) is 26.3. The van der Waals surface area contributed by atoms with E-state index in [-0.39, 0.29) is 42.1 Å². The molecule has 47 heavy (non-hydrogen) atoms. The van der Waals surface area contributed by atoms with Crippen LogP contribution < -0.4 is 14.8 Å². The molecule has 3 aliphatic rings. The van der Waals surface area contributed by atoms with Crippen molar-refractivity contribution in [1.29, 1.82) is 0 Å². The van der Waals surface area contributed by atoms with Crippen LogP contribution in [0.2, 0.25) is 0 Å². The molecule has 2 bridgehead atoms. The van der Waals surface area contributed by atoms with Crippen LogP contribution >= 0.6 is 11.3 Å². The first-order valence-electron chi connectivity index (χ1n) is 16.0. The number of halogens is 3. The minimum atomic E-state index is -4.83. The molecular formula is C34H36F3N3O6S. The summed E-state index contributed by atoms with van der Waals surface area (Å²) in [6.07, 6.45) is 0.793. The second-order valence-electron chi connectivity index (χ2n) is 12.9. The molecule has 2 heterocycles. The summed E-state index contributed by atoms with van der Waals surface area (Å²) < 4.78 is 67.8. The maximum absolute atomic E-state index is 13.2. The number of methoxy groups -OCH3 is 1. The lowest BCUT2D eigenvalue weighted by Crippen LogP contribution is -2.39. The van der Waals surface area contributed by atoms with Gasteiger partial charge in [-0.2, -0.15) is 0 Å². The zero-order valence-corrected chi connectivity index (χ0v) is 27.1. The molecule has 1 N–H and O–H groups in total. The van der Waals surface area contributed by atoms with E-state index in [4.69, 9.17) is 23.7 Å². The smallest absolute Gasteiger partial charge is 0.489 e. The van der Waals surface area contributed by atoms with Gasteiger partial charge >= 0.3 is 12.3 Å². The molecule has 0 radical (unpaired) electrons. The van der Waals surface area contributed by atoms with Crippen LogP contribution in [0.25, 0.3) is 21.5 Å². The largest absolute Gasteiger partial charge is 0.573 e. The Labute approximate surface area is 273 Å². The lowest BCUT2D eigenvalue weighted by molar-refractivity contribution is -0.274. The summed E-state index contributed by atoms with van der Waals surface area (Å²) in [5.74, 6) is 1.43. The van der Waals surface area contributed by atoms with Crippen molar-refractivity contribution in [2.45, 2.75) is 89.5 Å². The van der Waals surface area contributed by atoms with E-state index in [2.05, 4.69) is 15.2 Å². The molecule has 4 atom stereocenters. The van der Waals surface area contributed by atoms with Crippen LogP contribution in [0.1, 0.15) is 80.0 Å². The van der Waals surface area contributed by atoms with Gasteiger partial charge in [-0.1, -0.05) is 28.6 Å². The van der Waals surface area contributed by atoms with Gasteiger partial charge < -0.3 is 28.8 Å². The van der Waals surface area contributed by atoms with E-state index in [9.17, 15) is 18.0 Å². The van der Waals surface area contributed by atoms with Crippen molar-refractivity contribution in [3.8, 4) is 22.8 Å². The van der Waals surface area contributed by atoms with E-state index in [1.807, 2.05) is 13.8 Å². The topological polar surface area (TPSA) is 105 Å². The number of para-hydroxylation sites is 1. The van der Waals surface area contributed by atoms with Crippen molar-refractivity contribution in [3.05, 3.63) is 53.3 Å². The Morgan fingerprint density at radius 1 is 1.09 bits per heavy atom. The molecule has 0 saturated heterocycles. The average molecular weight is 672 g/mol. The monoisotopic (exact) mass is 671 g/mol. The Kier molecular flexibility index (Phi) is 8.54. The molecule has 2 aromatic carbocycles. The van der Waals surface area contributed by atoms with Crippen LogP contribution in [-0.2, 0) is 16.1 Å². The molecule has 7 rings (SSSR count). The molecule has 9 nitrogen and oxygen atoms in total. The Morgan fingerprint density at radius 3 is 2.51 bits per heavy atom. The number of esters is 1. The molecule has 0 aliphatic heterocycles. The number of anilines is 1. The molecule has 3 fully saturated rings. The molecule has 250 valence electrons. The number of hydrogen-bond donors (Lipinski definition) is 1. The first-order valence-corrected chi connectivity index (χ1v) is 16.8. The van der Waals surface area contributed by atoms with Crippen molar-refractivity contribution in [2.75, 3.05) is 12.4 Å². The van der Waals surface area contributed by atoms with Crippen molar-refractivity contribution in [3.63, 3.8) is 0 Å². The van der Waals surface area contributed by atoms with Crippen molar-refractivity contribution in [2.24, 2.45) is 11.8 Å². The number of hydrogen-bond acceptors (Lipinski definition) is 10. The van der Waals surface area contributed by atoms with Crippen molar-refractivity contribution < 1.29 is 41.4 Å². The summed E-state index contributed by atoms with van der Waals surface area (Å²) in [6.45, 7) is 4.06. The van der Waals surface area contributed by atoms with Crippen molar-refractivity contribution in [1.82, 2.24) is 10.1 Å². The highest BCUT2D eigenvalue weighted by Crippen LogP contribution is 2.48. The molecule has 2 aromatic heterocycles. The summed E-state index contributed by atoms with van der Waals surface area (Å²) >= 11 is 1.49. The van der Waals surface area contributed by atoms with E-state index in [1.165, 1.54) is 30.6 Å². The van der Waals surface area contributed by atoms with Gasteiger partial charge in [0.15, 0.2) is 5.13 Å². The highest BCUT2D eigenvalue weighted by atomic mass is 32.1. The van der Waals surface area contributed by atoms with Gasteiger partial charge in [-0.05, 0) is 88.5 Å². The summed E-state index contributed by atoms with van der Waals surface area (Å²) in [5.41, 5.74) is 2.38. The third-order valence-electron chi connectivity index (χ3n) is 9.19. The van der Waals surface area contributed by atoms with Gasteiger partial charge in [0.1, 0.15) is 28.5 Å². The summed E-state index contributed by atoms with van der Waals surface area (Å²) in [4.78, 5) is 17.2. The van der Waals surface area contributed by atoms with Gasteiger partial charge in [-0.15, -0.1) is 13.2 Å². The van der Waals surface area contributed by atoms with Gasteiger partial charge in [0.2, 0.25) is 0 Å². The third kappa shape index (κ3) is 6.78. The number of aromatic nitrogens is 2. The van der Waals surface area contributed by atoms with Crippen LogP contribution in [0, 0.1) is 11.8 Å². The predicted molar refractivity (Wildman–Crippen MR) is 169 cm³/mol. The molecule has 13 heteroatoms. The SMILES string of the molecule is COC(=O)c1cc(OC(C)C)c2nc(N[C@H]3[C@@H]4CC[C@H]3C[C@H](OCc3c(-c5ccccc5OC(F)(F)F)noc3C3CC3)C4)sc2c1. The number of benzene rings is 2. The molecule has 0 unspecified atom stereocenters. The number of carbonyl (C=O) groups excluding carboxylic acids is 1. The van der Waals surface area contributed by atoms with Gasteiger partial charge in [0.25, 0.3) is 0 Å². The van der Waals surface area contributed by atoms with Gasteiger partial charge in [-0.3, -0.25) is 0 Å². The Hall–Kier alpha value is -3.84. The van der Waals surface area contributed by atoms with Gasteiger partial charge in [-0.25, -0.2) is 9.78 Å². The molecule has 0 spiro atoms. The van der Waals surface area contributed by atoms with E-state index in [0.717, 1.165) is 48.4 Å². The maximum Gasteiger partial charge on any atom is 0.573 e. The fraction of sp³-hybridized carbons (Fsp3) is 0.500. The Bertz CT molecular complexity index is 1750. The summed E-state index contributed by atoms with van der Waals surface area (Å²) in [6, 6.07) is 9.70. The lowest BCUT2D eigenvalue weighted by Gasteiger charge is -2.35. The number of fused-ring (bicyclic) bond motifs is 3. The van der Waals surface area contributed by atoms with Crippen LogP contribution in [0.4, 0.5) is 18.3 Å². The highest BCUT2D eigenvalue weighted by Gasteiger charge is 2.44. The fourth-order valence-corrected chi connectivity index (χ4v) is 8.01. The molecular weight excluding hydrogens is 635 g/mol. The molecule has 3 aliphatic carbocycles. The lowest BCUT2D eigenvalue weighted by atomic mass is 9.82. The fourth-order valence-electron chi connectivity index (χ4n) is 7.04. The number of alkyl halides is 3. The minimum Gasteiger partial charge on any atom is -0.489 e. The number of ether oxygens (including phenoxy) is 4. The van der Waals surface area contributed by atoms with E-state index in [0.29, 0.717) is 45.7 Å². The molecule has 0 amide bonds. The number of carbonyl (C=O) groups is 1. The highest BCUT2D eigenvalue weighted by molar-refractivity contribution is 7.22. The standard InChI is InChI=1S/C34H36F3N3O6S/c1-17(2)44-26-14-21(32(41)42-3)15-27-30(26)39-33(47-27)38-28-19-10-11-20(28)13-22(12-19)43-16-24-29(40-46-31(24)18-8-9-18)23-6-4-5-7-25(23)45-34(35,36)37/h4-7,14-15,17-20,22,28H,8-13,16H2,1-3H3,(H,38,39)/t19-,20+,22-,28+. The maximum atomic E-state index is 13.2. The Morgan fingerprint density at radius 2 is 1.83 bits per heavy atom. The first-order chi connectivity index (χ1) is 22.6. The van der Waals surface area contributed by atoms with Gasteiger partial charge in [0, 0.05) is 23.1 Å². The van der Waals surface area contributed by atoms with E-state index < -0.39 is 12.3 Å². The Balaban J connectivity index is 1.06. The van der Waals surface area contributed by atoms with Crippen molar-refractivity contribution >= 4 is 32.7 Å². The predicted octanol–water partition coefficient (Wildman–Crippen LogP) is 8.49. The van der Waals surface area contributed by atoms with Gasteiger partial charge in [0.05, 0.1) is 36.2 Å². The van der Waals surface area contributed by atoms with Crippen LogP contribution in [0.15, 0.2) is 40.9 Å². The van der Waals surface area contributed by atoms with E-state index in [1.54, 1.807) is 24.3 Å². The number of nitrogens with zero attached hydrogens (tertiary/aromatic N) is 2. The molecule has 3 saturated carbocycles. The number of thiazole rings is 1. The van der Waals surface area contributed by atoms with Crippen LogP contribution in [0.3, 0.4) is 0 Å². The van der Waals surface area contributed by atoms with E-state index >= 15 is 0 Å². The average Bonchev–Trinajstić information content (AvgIpc) is 3.58. The van der Waals surface area contributed by atoms with Crippen LogP contribution in [0.5, 0.6) is 11.5 Å². The second kappa shape index (κ2) is 12.6. The normalized spacial score (nSPS) is 22.5. The minimum absolute atomic E-state index is 0.00829. The molecule has 4 aromatic rings. The third-order valence-corrected chi connectivity index (χ3v) is 10.1. The second-order valence-corrected chi connectivity index (χ2v) is 13.9. The zero-order chi connectivity index (χ0) is 32.9. The summed E-state index contributed by atoms with van der Waals surface area (Å²) in [5, 5.41) is 8.69. The summed E-state index contributed by atoms with van der Waals surface area (Å²) in [7, 11) is 1.36. The van der Waals surface area contributed by atoms with Crippen LogP contribution in [-0.4, -0.2) is 47.8 Å². The first kappa shape index (κ1) is 31.7. The number of rotatable bonds is 11.